The molecule has 174 valence electrons. The number of nitrogens with one attached hydrogen (secondary N) is 1. The van der Waals surface area contributed by atoms with E-state index >= 15 is 0 Å². The van der Waals surface area contributed by atoms with Gasteiger partial charge in [0.2, 0.25) is 0 Å². The van der Waals surface area contributed by atoms with Gasteiger partial charge in [0, 0.05) is 24.1 Å². The van der Waals surface area contributed by atoms with Crippen LogP contribution in [0.5, 0.6) is 5.75 Å². The van der Waals surface area contributed by atoms with E-state index in [0.717, 1.165) is 18.5 Å². The zero-order chi connectivity index (χ0) is 24.1. The summed E-state index contributed by atoms with van der Waals surface area (Å²) in [6.45, 7) is 3.34. The van der Waals surface area contributed by atoms with Gasteiger partial charge >= 0.3 is 5.97 Å². The summed E-state index contributed by atoms with van der Waals surface area (Å²) < 4.78 is 6.10. The quantitative estimate of drug-likeness (QED) is 0.319. The molecule has 34 heavy (non-hydrogen) atoms. The van der Waals surface area contributed by atoms with E-state index in [4.69, 9.17) is 10.5 Å². The molecule has 1 aromatic carbocycles. The lowest BCUT2D eigenvalue weighted by Gasteiger charge is -2.20. The summed E-state index contributed by atoms with van der Waals surface area (Å²) in [5, 5.41) is 12.7. The van der Waals surface area contributed by atoms with Crippen molar-refractivity contribution < 1.29 is 14.6 Å². The molecule has 1 aliphatic carbocycles. The number of hydrogen-bond donors (Lipinski definition) is 3. The van der Waals surface area contributed by atoms with Gasteiger partial charge < -0.3 is 20.9 Å². The molecule has 0 spiro atoms. The van der Waals surface area contributed by atoms with Crippen LogP contribution in [0.1, 0.15) is 37.9 Å². The van der Waals surface area contributed by atoms with Gasteiger partial charge in [-0.1, -0.05) is 18.2 Å². The van der Waals surface area contributed by atoms with Crippen molar-refractivity contribution in [3.05, 3.63) is 84.0 Å². The van der Waals surface area contributed by atoms with E-state index in [2.05, 4.69) is 20.3 Å². The maximum absolute atomic E-state index is 11.6. The van der Waals surface area contributed by atoms with Gasteiger partial charge in [-0.15, -0.1) is 0 Å². The van der Waals surface area contributed by atoms with E-state index in [-0.39, 0.29) is 0 Å². The summed E-state index contributed by atoms with van der Waals surface area (Å²) in [5.41, 5.74) is 7.74. The number of nitrogens with zero attached hydrogens (tertiary/aromatic N) is 3. The molecule has 1 aliphatic rings. The van der Waals surface area contributed by atoms with Gasteiger partial charge in [0.25, 0.3) is 0 Å². The van der Waals surface area contributed by atoms with Crippen LogP contribution in [-0.4, -0.2) is 33.3 Å². The maximum Gasteiger partial charge on any atom is 0.313 e. The lowest BCUT2D eigenvalue weighted by atomic mass is 9.84. The van der Waals surface area contributed by atoms with Gasteiger partial charge in [-0.2, -0.15) is 0 Å². The predicted octanol–water partition coefficient (Wildman–Crippen LogP) is 4.52. The van der Waals surface area contributed by atoms with Crippen molar-refractivity contribution in [3.8, 4) is 5.75 Å². The number of aliphatic imine (C=N–C) groups is 1. The summed E-state index contributed by atoms with van der Waals surface area (Å²) >= 11 is 0. The van der Waals surface area contributed by atoms with Gasteiger partial charge in [0.15, 0.2) is 5.76 Å². The van der Waals surface area contributed by atoms with Gasteiger partial charge in [-0.05, 0) is 62.6 Å². The molecule has 0 radical (unpaired) electrons. The standard InChI is InChI=1S/C26H27N5O3/c1-26(2,25(32)33)17-6-5-7-19(14-17)31-23-15-20(11-13-29-23)34-22(16-30-18-9-10-18)24(27)21-8-3-4-12-28-21/h3-8,11-16,18H,9-10,27H2,1-2H3,(H,29,31)(H,32,33)/b24-22+,30-16?. The second-order valence-electron chi connectivity index (χ2n) is 8.62. The number of ether oxygens (including phenoxy) is 1. The highest BCUT2D eigenvalue weighted by atomic mass is 16.5. The van der Waals surface area contributed by atoms with Crippen molar-refractivity contribution in [3.63, 3.8) is 0 Å². The average molecular weight is 458 g/mol. The van der Waals surface area contributed by atoms with E-state index < -0.39 is 11.4 Å². The SMILES string of the molecule is CC(C)(C(=O)O)c1cccc(Nc2cc(O/C(C=NC3CC3)=C(/N)c3ccccn3)ccn2)c1. The number of allylic oxidation sites excluding steroid dienone is 1. The van der Waals surface area contributed by atoms with Crippen LogP contribution < -0.4 is 15.8 Å². The van der Waals surface area contributed by atoms with Crippen LogP contribution in [-0.2, 0) is 10.2 Å². The Morgan fingerprint density at radius 2 is 1.97 bits per heavy atom. The first-order valence-corrected chi connectivity index (χ1v) is 11.0. The third-order valence-electron chi connectivity index (χ3n) is 5.51. The Labute approximate surface area is 198 Å². The lowest BCUT2D eigenvalue weighted by molar-refractivity contribution is -0.142. The molecule has 0 bridgehead atoms. The molecule has 0 saturated heterocycles. The second-order valence-corrected chi connectivity index (χ2v) is 8.62. The Bertz CT molecular complexity index is 1230. The first-order chi connectivity index (χ1) is 16.3. The Balaban J connectivity index is 1.57. The molecular formula is C26H27N5O3. The number of carbonyl (C=O) groups is 1. The van der Waals surface area contributed by atoms with Crippen LogP contribution in [0.4, 0.5) is 11.5 Å². The summed E-state index contributed by atoms with van der Waals surface area (Å²) in [4.78, 5) is 24.8. The Kier molecular flexibility index (Phi) is 6.58. The molecule has 3 aromatic rings. The van der Waals surface area contributed by atoms with E-state index in [1.54, 1.807) is 56.7 Å². The number of aromatic nitrogens is 2. The number of carboxylic acids is 1. The average Bonchev–Trinajstić information content (AvgIpc) is 3.67. The molecule has 8 heteroatoms. The predicted molar refractivity (Wildman–Crippen MR) is 132 cm³/mol. The van der Waals surface area contributed by atoms with Crippen LogP contribution in [0.25, 0.3) is 5.70 Å². The molecule has 2 aromatic heterocycles. The van der Waals surface area contributed by atoms with Crippen LogP contribution in [0.3, 0.4) is 0 Å². The van der Waals surface area contributed by atoms with Gasteiger partial charge in [0.05, 0.1) is 23.4 Å². The fraction of sp³-hybridized carbons (Fsp3) is 0.231. The number of hydrogen-bond acceptors (Lipinski definition) is 7. The summed E-state index contributed by atoms with van der Waals surface area (Å²) in [5.74, 6) is 0.581. The molecule has 4 N–H and O–H groups in total. The summed E-state index contributed by atoms with van der Waals surface area (Å²) in [6.07, 6.45) is 7.08. The molecule has 0 atom stereocenters. The number of carboxylic acid groups (broad SMARTS) is 1. The molecular weight excluding hydrogens is 430 g/mol. The molecule has 0 unspecified atom stereocenters. The van der Waals surface area contributed by atoms with Gasteiger partial charge in [-0.25, -0.2) is 4.98 Å². The van der Waals surface area contributed by atoms with Crippen molar-refractivity contribution in [1.29, 1.82) is 0 Å². The highest BCUT2D eigenvalue weighted by Gasteiger charge is 2.29. The zero-order valence-corrected chi connectivity index (χ0v) is 19.1. The molecule has 1 saturated carbocycles. The van der Waals surface area contributed by atoms with Crippen LogP contribution in [0.2, 0.25) is 0 Å². The highest BCUT2D eigenvalue weighted by molar-refractivity contribution is 5.88. The number of aliphatic carboxylic acids is 1. The van der Waals surface area contributed by atoms with Crippen LogP contribution >= 0.6 is 0 Å². The van der Waals surface area contributed by atoms with Crippen molar-refractivity contribution >= 4 is 29.4 Å². The smallest absolute Gasteiger partial charge is 0.313 e. The van der Waals surface area contributed by atoms with E-state index in [1.165, 1.54) is 0 Å². The van der Waals surface area contributed by atoms with Crippen LogP contribution in [0.15, 0.2) is 77.7 Å². The van der Waals surface area contributed by atoms with Crippen molar-refractivity contribution in [1.82, 2.24) is 9.97 Å². The number of rotatable bonds is 9. The number of nitrogens with two attached hydrogens (primary N) is 1. The van der Waals surface area contributed by atoms with Crippen molar-refractivity contribution in [2.24, 2.45) is 10.7 Å². The van der Waals surface area contributed by atoms with Crippen LogP contribution in [0, 0.1) is 0 Å². The van der Waals surface area contributed by atoms with Gasteiger partial charge in [0.1, 0.15) is 17.3 Å². The lowest BCUT2D eigenvalue weighted by Crippen LogP contribution is -2.28. The summed E-state index contributed by atoms with van der Waals surface area (Å²) in [7, 11) is 0. The first-order valence-electron chi connectivity index (χ1n) is 11.0. The third-order valence-corrected chi connectivity index (χ3v) is 5.51. The van der Waals surface area contributed by atoms with E-state index in [9.17, 15) is 9.90 Å². The molecule has 2 heterocycles. The Morgan fingerprint density at radius 3 is 2.68 bits per heavy atom. The van der Waals surface area contributed by atoms with E-state index in [0.29, 0.717) is 40.3 Å². The molecule has 1 fully saturated rings. The first kappa shape index (κ1) is 23.0. The Morgan fingerprint density at radius 1 is 1.15 bits per heavy atom. The summed E-state index contributed by atoms with van der Waals surface area (Å²) in [6, 6.07) is 16.5. The topological polar surface area (TPSA) is 123 Å². The number of benzene rings is 1. The second kappa shape index (κ2) is 9.74. The fourth-order valence-corrected chi connectivity index (χ4v) is 3.12. The molecule has 8 nitrogen and oxygen atoms in total. The minimum absolute atomic E-state index is 0.312. The molecule has 4 rings (SSSR count). The largest absolute Gasteiger partial charge is 0.481 e. The number of anilines is 2. The molecule has 0 amide bonds. The maximum atomic E-state index is 11.6. The molecule has 0 aliphatic heterocycles. The van der Waals surface area contributed by atoms with E-state index in [1.807, 2.05) is 30.3 Å². The highest BCUT2D eigenvalue weighted by Crippen LogP contribution is 2.28. The monoisotopic (exact) mass is 457 g/mol. The minimum atomic E-state index is -1.01. The van der Waals surface area contributed by atoms with Gasteiger partial charge in [-0.3, -0.25) is 14.8 Å². The third kappa shape index (κ3) is 5.58. The minimum Gasteiger partial charge on any atom is -0.481 e. The normalized spacial score (nSPS) is 14.5. The zero-order valence-electron chi connectivity index (χ0n) is 19.1. The number of pyridine rings is 2. The van der Waals surface area contributed by atoms with Crippen molar-refractivity contribution in [2.45, 2.75) is 38.1 Å². The van der Waals surface area contributed by atoms with Crippen molar-refractivity contribution in [2.75, 3.05) is 5.32 Å². The Hall–Kier alpha value is -4.20. The fourth-order valence-electron chi connectivity index (χ4n) is 3.12.